The number of aromatic nitrogens is 2. The molecule has 1 aliphatic rings. The second kappa shape index (κ2) is 8.64. The number of carbonyl (C=O) groups is 1. The van der Waals surface area contributed by atoms with Crippen molar-refractivity contribution in [2.45, 2.75) is 31.5 Å². The summed E-state index contributed by atoms with van der Waals surface area (Å²) in [6, 6.07) is 6.04. The number of nitrogens with zero attached hydrogens (tertiary/aromatic N) is 1. The molecule has 1 aliphatic heterocycles. The highest BCUT2D eigenvalue weighted by Crippen LogP contribution is 2.43. The van der Waals surface area contributed by atoms with Gasteiger partial charge in [0.15, 0.2) is 5.16 Å². The first-order chi connectivity index (χ1) is 13.9. The van der Waals surface area contributed by atoms with Crippen molar-refractivity contribution < 1.29 is 23.0 Å². The zero-order valence-electron chi connectivity index (χ0n) is 15.9. The van der Waals surface area contributed by atoms with Gasteiger partial charge >= 0.3 is 12.6 Å². The number of ether oxygens (including phenoxy) is 2. The quantitative estimate of drug-likeness (QED) is 0.417. The average molecular weight is 423 g/mol. The van der Waals surface area contributed by atoms with Gasteiger partial charge in [-0.25, -0.2) is 9.78 Å². The number of esters is 1. The first kappa shape index (κ1) is 20.8. The van der Waals surface area contributed by atoms with Gasteiger partial charge in [-0.2, -0.15) is 8.78 Å². The molecule has 0 fully saturated rings. The Morgan fingerprint density at radius 3 is 2.72 bits per heavy atom. The van der Waals surface area contributed by atoms with Gasteiger partial charge < -0.3 is 19.8 Å². The maximum Gasteiger partial charge on any atom is 0.387 e. The number of nitrogens with one attached hydrogen (secondary N) is 2. The predicted molar refractivity (Wildman–Crippen MR) is 105 cm³/mol. The van der Waals surface area contributed by atoms with E-state index in [9.17, 15) is 18.4 Å². The molecule has 0 saturated carbocycles. The lowest BCUT2D eigenvalue weighted by Crippen LogP contribution is -2.31. The van der Waals surface area contributed by atoms with Crippen molar-refractivity contribution in [2.75, 3.05) is 18.2 Å². The third-order valence-electron chi connectivity index (χ3n) is 4.36. The molecule has 0 bridgehead atoms. The largest absolute Gasteiger partial charge is 0.463 e. The molecule has 1 aromatic heterocycles. The van der Waals surface area contributed by atoms with E-state index < -0.39 is 24.1 Å². The summed E-state index contributed by atoms with van der Waals surface area (Å²) in [5.41, 5.74) is 0.425. The number of alkyl halides is 2. The van der Waals surface area contributed by atoms with E-state index in [1.165, 1.54) is 30.0 Å². The molecule has 2 heterocycles. The molecule has 0 amide bonds. The fourth-order valence-electron chi connectivity index (χ4n) is 3.24. The van der Waals surface area contributed by atoms with Gasteiger partial charge in [-0.05, 0) is 26.2 Å². The molecule has 10 heteroatoms. The Kier molecular flexibility index (Phi) is 6.21. The molecular weight excluding hydrogens is 404 g/mol. The molecule has 7 nitrogen and oxygen atoms in total. The van der Waals surface area contributed by atoms with Crippen LogP contribution < -0.4 is 15.6 Å². The van der Waals surface area contributed by atoms with E-state index >= 15 is 0 Å². The average Bonchev–Trinajstić information content (AvgIpc) is 2.66. The van der Waals surface area contributed by atoms with Gasteiger partial charge in [-0.3, -0.25) is 4.79 Å². The van der Waals surface area contributed by atoms with E-state index in [-0.39, 0.29) is 34.9 Å². The number of hydrogen-bond donors (Lipinski definition) is 2. The van der Waals surface area contributed by atoms with E-state index in [0.717, 1.165) is 0 Å². The number of fused-ring (bicyclic) bond motifs is 1. The zero-order chi connectivity index (χ0) is 21.1. The smallest absolute Gasteiger partial charge is 0.387 e. The molecule has 1 atom stereocenters. The van der Waals surface area contributed by atoms with E-state index in [2.05, 4.69) is 20.0 Å². The molecule has 2 aromatic rings. The summed E-state index contributed by atoms with van der Waals surface area (Å²) in [4.78, 5) is 32.6. The number of rotatable bonds is 6. The van der Waals surface area contributed by atoms with E-state index in [1.807, 2.05) is 0 Å². The SMILES string of the molecule is CCOC(=O)C1=C(C)Nc2nc(SC)[nH]c(=O)c2C1c1ccccc1OC(F)F. The zero-order valence-corrected chi connectivity index (χ0v) is 16.7. The van der Waals surface area contributed by atoms with Crippen LogP contribution in [0.2, 0.25) is 0 Å². The number of thioether (sulfide) groups is 1. The van der Waals surface area contributed by atoms with Crippen LogP contribution >= 0.6 is 11.8 Å². The lowest BCUT2D eigenvalue weighted by atomic mass is 9.82. The van der Waals surface area contributed by atoms with Crippen LogP contribution in [-0.2, 0) is 9.53 Å². The van der Waals surface area contributed by atoms with Crippen molar-refractivity contribution >= 4 is 23.5 Å². The summed E-state index contributed by atoms with van der Waals surface area (Å²) in [7, 11) is 0. The highest BCUT2D eigenvalue weighted by atomic mass is 32.2. The minimum Gasteiger partial charge on any atom is -0.463 e. The van der Waals surface area contributed by atoms with Crippen molar-refractivity contribution in [1.29, 1.82) is 0 Å². The van der Waals surface area contributed by atoms with Crippen molar-refractivity contribution in [3.63, 3.8) is 0 Å². The van der Waals surface area contributed by atoms with Crippen molar-refractivity contribution in [1.82, 2.24) is 9.97 Å². The van der Waals surface area contributed by atoms with Crippen LogP contribution in [0.3, 0.4) is 0 Å². The van der Waals surface area contributed by atoms with Gasteiger partial charge in [0.1, 0.15) is 11.6 Å². The van der Waals surface area contributed by atoms with E-state index in [1.54, 1.807) is 26.2 Å². The number of allylic oxidation sites excluding steroid dienone is 1. The van der Waals surface area contributed by atoms with Crippen LogP contribution in [0.4, 0.5) is 14.6 Å². The van der Waals surface area contributed by atoms with Crippen LogP contribution in [0.25, 0.3) is 0 Å². The number of halogens is 2. The monoisotopic (exact) mass is 423 g/mol. The van der Waals surface area contributed by atoms with Crippen molar-refractivity contribution in [2.24, 2.45) is 0 Å². The van der Waals surface area contributed by atoms with Crippen LogP contribution in [0, 0.1) is 0 Å². The Labute approximate surface area is 169 Å². The van der Waals surface area contributed by atoms with Crippen LogP contribution in [-0.4, -0.2) is 35.4 Å². The summed E-state index contributed by atoms with van der Waals surface area (Å²) in [6.45, 7) is 0.342. The van der Waals surface area contributed by atoms with Crippen molar-refractivity contribution in [3.05, 3.63) is 57.0 Å². The fourth-order valence-corrected chi connectivity index (χ4v) is 3.62. The number of hydrogen-bond acceptors (Lipinski definition) is 7. The number of carbonyl (C=O) groups excluding carboxylic acids is 1. The van der Waals surface area contributed by atoms with Gasteiger partial charge in [0.2, 0.25) is 0 Å². The van der Waals surface area contributed by atoms with E-state index in [0.29, 0.717) is 10.9 Å². The summed E-state index contributed by atoms with van der Waals surface area (Å²) in [5.74, 6) is -1.54. The first-order valence-electron chi connectivity index (χ1n) is 8.74. The van der Waals surface area contributed by atoms with Gasteiger partial charge in [-0.1, -0.05) is 30.0 Å². The molecule has 1 aromatic carbocycles. The topological polar surface area (TPSA) is 93.3 Å². The second-order valence-electron chi connectivity index (χ2n) is 6.07. The maximum atomic E-state index is 13.0. The Balaban J connectivity index is 2.29. The number of H-pyrrole nitrogens is 1. The highest BCUT2D eigenvalue weighted by molar-refractivity contribution is 7.98. The molecule has 2 N–H and O–H groups in total. The molecule has 154 valence electrons. The Morgan fingerprint density at radius 2 is 2.07 bits per heavy atom. The molecule has 1 unspecified atom stereocenters. The van der Waals surface area contributed by atoms with Gasteiger partial charge in [-0.15, -0.1) is 0 Å². The second-order valence-corrected chi connectivity index (χ2v) is 6.87. The number of benzene rings is 1. The lowest BCUT2D eigenvalue weighted by Gasteiger charge is -2.29. The summed E-state index contributed by atoms with van der Waals surface area (Å²) >= 11 is 1.24. The molecule has 29 heavy (non-hydrogen) atoms. The summed E-state index contributed by atoms with van der Waals surface area (Å²) in [6.07, 6.45) is 1.75. The minimum absolute atomic E-state index is 0.115. The fraction of sp³-hybridized carbons (Fsp3) is 0.316. The van der Waals surface area contributed by atoms with Gasteiger partial charge in [0.05, 0.1) is 23.7 Å². The Hall–Kier alpha value is -2.88. The van der Waals surface area contributed by atoms with E-state index in [4.69, 9.17) is 4.74 Å². The third-order valence-corrected chi connectivity index (χ3v) is 4.94. The van der Waals surface area contributed by atoms with Gasteiger partial charge in [0.25, 0.3) is 5.56 Å². The van der Waals surface area contributed by atoms with Crippen LogP contribution in [0.1, 0.15) is 30.9 Å². The standard InChI is InChI=1S/C19H19F2N3O4S/c1-4-27-17(26)12-9(2)22-15-14(16(25)24-19(23-15)29-3)13(12)10-7-5-6-8-11(10)28-18(20)21/h5-8,13,18H,4H2,1-3H3,(H2,22,23,24,25). The number of anilines is 1. The lowest BCUT2D eigenvalue weighted by molar-refractivity contribution is -0.138. The van der Waals surface area contributed by atoms with Crippen LogP contribution in [0.5, 0.6) is 5.75 Å². The highest BCUT2D eigenvalue weighted by Gasteiger charge is 2.38. The molecule has 3 rings (SSSR count). The Bertz CT molecular complexity index is 1020. The molecule has 0 spiro atoms. The maximum absolute atomic E-state index is 13.0. The van der Waals surface area contributed by atoms with Gasteiger partial charge in [0, 0.05) is 11.3 Å². The first-order valence-corrected chi connectivity index (χ1v) is 9.96. The van der Waals surface area contributed by atoms with Crippen LogP contribution in [0.15, 0.2) is 45.5 Å². The molecular formula is C19H19F2N3O4S. The predicted octanol–water partition coefficient (Wildman–Crippen LogP) is 3.49. The number of para-hydroxylation sites is 1. The molecule has 0 aliphatic carbocycles. The minimum atomic E-state index is -3.07. The summed E-state index contributed by atoms with van der Waals surface area (Å²) in [5, 5.41) is 3.35. The number of aromatic amines is 1. The molecule has 0 radical (unpaired) electrons. The van der Waals surface area contributed by atoms with Crippen molar-refractivity contribution in [3.8, 4) is 5.75 Å². The third kappa shape index (κ3) is 4.12. The normalized spacial score (nSPS) is 15.7. The summed E-state index contributed by atoms with van der Waals surface area (Å²) < 4.78 is 35.8. The molecule has 0 saturated heterocycles. The Morgan fingerprint density at radius 1 is 1.34 bits per heavy atom.